The zero-order chi connectivity index (χ0) is 18.0. The van der Waals surface area contributed by atoms with E-state index in [9.17, 15) is 4.79 Å². The van der Waals surface area contributed by atoms with Crippen LogP contribution in [0.1, 0.15) is 24.8 Å². The van der Waals surface area contributed by atoms with Crippen LogP contribution >= 0.6 is 24.0 Å². The fourth-order valence-corrected chi connectivity index (χ4v) is 4.29. The maximum Gasteiger partial charge on any atom is 0.220 e. The van der Waals surface area contributed by atoms with Gasteiger partial charge in [0.05, 0.1) is 0 Å². The Morgan fingerprint density at radius 2 is 2.37 bits per heavy atom. The summed E-state index contributed by atoms with van der Waals surface area (Å²) in [5.74, 6) is 1.11. The third kappa shape index (κ3) is 4.20. The maximum absolute atomic E-state index is 11.7. The lowest BCUT2D eigenvalue weighted by Gasteiger charge is -2.40. The number of hydrogen-bond acceptors (Lipinski definition) is 3. The number of hydrogen-bond donors (Lipinski definition) is 3. The molecule has 2 fully saturated rings. The van der Waals surface area contributed by atoms with Crippen molar-refractivity contribution in [2.75, 3.05) is 33.2 Å². The number of fused-ring (bicyclic) bond motifs is 1. The molecule has 2 aliphatic rings. The van der Waals surface area contributed by atoms with Crippen LogP contribution in [0.25, 0.3) is 11.0 Å². The molecule has 146 valence electrons. The van der Waals surface area contributed by atoms with Crippen molar-refractivity contribution in [3.8, 4) is 0 Å². The number of carbonyl (C=O) groups is 1. The number of pyridine rings is 1. The van der Waals surface area contributed by atoms with Crippen molar-refractivity contribution in [1.82, 2.24) is 25.5 Å². The maximum atomic E-state index is 11.7. The minimum atomic E-state index is 0. The summed E-state index contributed by atoms with van der Waals surface area (Å²) in [7, 11) is 1.83. The Hall–Kier alpha value is -1.84. The van der Waals surface area contributed by atoms with E-state index in [0.29, 0.717) is 6.42 Å². The van der Waals surface area contributed by atoms with E-state index in [1.165, 1.54) is 10.9 Å². The average molecular weight is 482 g/mol. The van der Waals surface area contributed by atoms with Crippen molar-refractivity contribution in [3.05, 3.63) is 30.1 Å². The van der Waals surface area contributed by atoms with Crippen molar-refractivity contribution in [2.24, 2.45) is 10.4 Å². The van der Waals surface area contributed by atoms with Gasteiger partial charge in [-0.1, -0.05) is 0 Å². The van der Waals surface area contributed by atoms with Gasteiger partial charge in [-0.25, -0.2) is 4.98 Å². The molecule has 2 aromatic heterocycles. The Balaban J connectivity index is 0.00000210. The molecule has 0 aliphatic carbocycles. The van der Waals surface area contributed by atoms with E-state index in [-0.39, 0.29) is 35.3 Å². The number of nitrogens with one attached hydrogen (secondary N) is 3. The van der Waals surface area contributed by atoms with E-state index in [0.717, 1.165) is 57.0 Å². The van der Waals surface area contributed by atoms with Gasteiger partial charge < -0.3 is 20.5 Å². The van der Waals surface area contributed by atoms with Crippen LogP contribution in [0, 0.1) is 5.41 Å². The molecular formula is C19H27IN6O. The first-order valence-electron chi connectivity index (χ1n) is 9.32. The quantitative estimate of drug-likeness (QED) is 0.355. The third-order valence-electron chi connectivity index (χ3n) is 5.58. The van der Waals surface area contributed by atoms with Gasteiger partial charge >= 0.3 is 0 Å². The second-order valence-corrected chi connectivity index (χ2v) is 7.42. The van der Waals surface area contributed by atoms with Crippen LogP contribution in [0.4, 0.5) is 0 Å². The molecule has 0 aromatic carbocycles. The Labute approximate surface area is 176 Å². The van der Waals surface area contributed by atoms with Crippen LogP contribution in [-0.4, -0.2) is 60.0 Å². The smallest absolute Gasteiger partial charge is 0.220 e. The predicted molar refractivity (Wildman–Crippen MR) is 117 cm³/mol. The predicted octanol–water partition coefficient (Wildman–Crippen LogP) is 1.90. The summed E-state index contributed by atoms with van der Waals surface area (Å²) in [5.41, 5.74) is 2.27. The molecule has 2 saturated heterocycles. The van der Waals surface area contributed by atoms with Crippen molar-refractivity contribution in [3.63, 3.8) is 0 Å². The Morgan fingerprint density at radius 1 is 1.48 bits per heavy atom. The highest BCUT2D eigenvalue weighted by Gasteiger charge is 2.42. The number of aromatic nitrogens is 2. The van der Waals surface area contributed by atoms with E-state index in [4.69, 9.17) is 0 Å². The molecule has 7 nitrogen and oxygen atoms in total. The number of halogens is 1. The fourth-order valence-electron chi connectivity index (χ4n) is 4.29. The summed E-state index contributed by atoms with van der Waals surface area (Å²) in [5, 5.41) is 7.67. The van der Waals surface area contributed by atoms with E-state index in [1.807, 2.05) is 19.3 Å². The largest absolute Gasteiger partial charge is 0.356 e. The average Bonchev–Trinajstić information content (AvgIpc) is 3.22. The molecule has 1 atom stereocenters. The van der Waals surface area contributed by atoms with Gasteiger partial charge in [-0.3, -0.25) is 9.79 Å². The standard InChI is InChI=1S/C19H26N6O.HI/c1-20-18(25-9-3-6-19(13-25)10-16(26)24-12-19)22-8-5-14-11-23-17-15(14)4-2-7-21-17;/h2,4,7,11H,3,5-6,8-10,12-13H2,1H3,(H,20,22)(H,21,23)(H,24,26);1H. The summed E-state index contributed by atoms with van der Waals surface area (Å²) in [6, 6.07) is 4.07. The summed E-state index contributed by atoms with van der Waals surface area (Å²) >= 11 is 0. The molecule has 27 heavy (non-hydrogen) atoms. The Kier molecular flexibility index (Phi) is 6.23. The number of amides is 1. The molecule has 2 aromatic rings. The van der Waals surface area contributed by atoms with Gasteiger partial charge in [0.2, 0.25) is 5.91 Å². The highest BCUT2D eigenvalue weighted by atomic mass is 127. The monoisotopic (exact) mass is 482 g/mol. The zero-order valence-corrected chi connectivity index (χ0v) is 18.0. The first-order chi connectivity index (χ1) is 12.7. The molecule has 0 saturated carbocycles. The van der Waals surface area contributed by atoms with Crippen molar-refractivity contribution in [1.29, 1.82) is 0 Å². The number of aliphatic imine (C=N–C) groups is 1. The molecule has 4 rings (SSSR count). The third-order valence-corrected chi connectivity index (χ3v) is 5.58. The van der Waals surface area contributed by atoms with Gasteiger partial charge in [0.1, 0.15) is 5.65 Å². The van der Waals surface area contributed by atoms with Crippen LogP contribution in [0.2, 0.25) is 0 Å². The number of aromatic amines is 1. The number of H-pyrrole nitrogens is 1. The second-order valence-electron chi connectivity index (χ2n) is 7.42. The molecule has 0 bridgehead atoms. The fraction of sp³-hybridized carbons (Fsp3) is 0.526. The van der Waals surface area contributed by atoms with Gasteiger partial charge in [0.25, 0.3) is 0 Å². The highest BCUT2D eigenvalue weighted by molar-refractivity contribution is 14.0. The minimum absolute atomic E-state index is 0. The molecule has 2 aliphatic heterocycles. The number of rotatable bonds is 3. The second kappa shape index (κ2) is 8.45. The van der Waals surface area contributed by atoms with Gasteiger partial charge in [0, 0.05) is 62.8 Å². The topological polar surface area (TPSA) is 85.4 Å². The van der Waals surface area contributed by atoms with Gasteiger partial charge in [-0.15, -0.1) is 24.0 Å². The molecule has 8 heteroatoms. The van der Waals surface area contributed by atoms with Crippen molar-refractivity contribution >= 4 is 46.9 Å². The number of likely N-dealkylation sites (tertiary alicyclic amines) is 1. The Bertz CT molecular complexity index is 834. The SMILES string of the molecule is CN=C(NCCc1c[nH]c2ncccc12)N1CCCC2(CNC(=O)C2)C1.I. The normalized spacial score (nSPS) is 22.8. The number of carbonyl (C=O) groups excluding carboxylic acids is 1. The zero-order valence-electron chi connectivity index (χ0n) is 15.6. The van der Waals surface area contributed by atoms with E-state index in [2.05, 4.69) is 36.6 Å². The summed E-state index contributed by atoms with van der Waals surface area (Å²) in [4.78, 5) is 26.0. The number of nitrogens with zero attached hydrogens (tertiary/aromatic N) is 3. The van der Waals surface area contributed by atoms with Crippen molar-refractivity contribution in [2.45, 2.75) is 25.7 Å². The van der Waals surface area contributed by atoms with E-state index < -0.39 is 0 Å². The minimum Gasteiger partial charge on any atom is -0.356 e. The molecular weight excluding hydrogens is 455 g/mol. The lowest BCUT2D eigenvalue weighted by Crippen LogP contribution is -2.51. The molecule has 4 heterocycles. The Morgan fingerprint density at radius 3 is 3.15 bits per heavy atom. The van der Waals surface area contributed by atoms with Crippen LogP contribution in [0.15, 0.2) is 29.5 Å². The summed E-state index contributed by atoms with van der Waals surface area (Å²) in [6.45, 7) is 3.49. The van der Waals surface area contributed by atoms with Crippen molar-refractivity contribution < 1.29 is 4.79 Å². The summed E-state index contributed by atoms with van der Waals surface area (Å²) in [6.07, 6.45) is 7.60. The molecule has 1 unspecified atom stereocenters. The lowest BCUT2D eigenvalue weighted by molar-refractivity contribution is -0.119. The van der Waals surface area contributed by atoms with Gasteiger partial charge in [0.15, 0.2) is 5.96 Å². The first kappa shape index (κ1) is 19.9. The molecule has 1 spiro atoms. The van der Waals surface area contributed by atoms with Gasteiger partial charge in [-0.2, -0.15) is 0 Å². The first-order valence-corrected chi connectivity index (χ1v) is 9.32. The number of piperidine rings is 1. The number of guanidine groups is 1. The summed E-state index contributed by atoms with van der Waals surface area (Å²) < 4.78 is 0. The van der Waals surface area contributed by atoms with E-state index in [1.54, 1.807) is 6.20 Å². The highest BCUT2D eigenvalue weighted by Crippen LogP contribution is 2.35. The molecule has 0 radical (unpaired) electrons. The lowest BCUT2D eigenvalue weighted by atomic mass is 9.79. The van der Waals surface area contributed by atoms with Crippen LogP contribution < -0.4 is 10.6 Å². The van der Waals surface area contributed by atoms with E-state index >= 15 is 0 Å². The molecule has 1 amide bonds. The van der Waals surface area contributed by atoms with Crippen LogP contribution in [0.3, 0.4) is 0 Å². The molecule has 3 N–H and O–H groups in total. The van der Waals surface area contributed by atoms with Crippen LogP contribution in [0.5, 0.6) is 0 Å². The van der Waals surface area contributed by atoms with Crippen LogP contribution in [-0.2, 0) is 11.2 Å². The van der Waals surface area contributed by atoms with Gasteiger partial charge in [-0.05, 0) is 37.0 Å².